The third-order valence-corrected chi connectivity index (χ3v) is 4.30. The van der Waals surface area contributed by atoms with E-state index in [0.29, 0.717) is 5.11 Å². The minimum absolute atomic E-state index is 0.487. The zero-order chi connectivity index (χ0) is 16.2. The van der Waals surface area contributed by atoms with Crippen LogP contribution in [0.3, 0.4) is 0 Å². The number of methoxy groups -OCH3 is 2. The Morgan fingerprint density at radius 3 is 2.39 bits per heavy atom. The molecule has 0 unspecified atom stereocenters. The number of hydrogen-bond donors (Lipinski definition) is 2. The third-order valence-electron chi connectivity index (χ3n) is 3.16. The van der Waals surface area contributed by atoms with Gasteiger partial charge in [0.05, 0.1) is 24.4 Å². The first-order chi connectivity index (χ1) is 11.2. The van der Waals surface area contributed by atoms with Crippen molar-refractivity contribution < 1.29 is 9.47 Å². The maximum atomic E-state index is 5.32. The van der Waals surface area contributed by atoms with Crippen LogP contribution >= 0.6 is 23.6 Å². The summed E-state index contributed by atoms with van der Waals surface area (Å²) in [5, 5.41) is 7.44. The van der Waals surface area contributed by atoms with Gasteiger partial charge in [0.1, 0.15) is 11.5 Å². The number of nitrogens with zero attached hydrogens (tertiary/aromatic N) is 1. The second-order valence-corrected chi connectivity index (χ2v) is 6.10. The maximum Gasteiger partial charge on any atom is 0.190 e. The summed E-state index contributed by atoms with van der Waals surface area (Å²) in [7, 11) is 3.28. The predicted octanol–water partition coefficient (Wildman–Crippen LogP) is 4.12. The van der Waals surface area contributed by atoms with Gasteiger partial charge < -0.3 is 20.1 Å². The summed E-state index contributed by atoms with van der Waals surface area (Å²) < 4.78 is 11.4. The third kappa shape index (κ3) is 3.69. The van der Waals surface area contributed by atoms with Crippen molar-refractivity contribution in [3.63, 3.8) is 0 Å². The first-order valence-corrected chi connectivity index (χ1v) is 8.07. The fourth-order valence-electron chi connectivity index (χ4n) is 2.02. The topological polar surface area (TPSA) is 55.4 Å². The fraction of sp³-hybridized carbons (Fsp3) is 0.125. The molecular weight excluding hydrogens is 330 g/mol. The summed E-state index contributed by atoms with van der Waals surface area (Å²) in [6, 6.07) is 13.3. The van der Waals surface area contributed by atoms with Crippen molar-refractivity contribution in [3.05, 3.63) is 42.5 Å². The number of ether oxygens (including phenoxy) is 2. The van der Waals surface area contributed by atoms with Crippen LogP contribution in [0.1, 0.15) is 0 Å². The van der Waals surface area contributed by atoms with Crippen LogP contribution < -0.4 is 20.1 Å². The summed E-state index contributed by atoms with van der Waals surface area (Å²) in [5.74, 6) is 1.61. The highest BCUT2D eigenvalue weighted by atomic mass is 32.1. The van der Waals surface area contributed by atoms with Gasteiger partial charge in [-0.15, -0.1) is 0 Å². The normalized spacial score (nSPS) is 10.3. The Kier molecular flexibility index (Phi) is 4.59. The molecule has 3 rings (SSSR count). The molecule has 2 aromatic carbocycles. The van der Waals surface area contributed by atoms with Crippen molar-refractivity contribution in [2.45, 2.75) is 0 Å². The Bertz CT molecular complexity index is 831. The number of nitrogens with one attached hydrogen (secondary N) is 2. The lowest BCUT2D eigenvalue weighted by Crippen LogP contribution is -2.18. The number of anilines is 2. The van der Waals surface area contributed by atoms with Crippen molar-refractivity contribution in [2.24, 2.45) is 0 Å². The van der Waals surface area contributed by atoms with Crippen LogP contribution in [0.25, 0.3) is 10.2 Å². The highest BCUT2D eigenvalue weighted by Gasteiger charge is 2.07. The van der Waals surface area contributed by atoms with Crippen LogP contribution in [-0.4, -0.2) is 24.3 Å². The largest absolute Gasteiger partial charge is 0.497 e. The van der Waals surface area contributed by atoms with Crippen molar-refractivity contribution in [3.8, 4) is 11.5 Å². The summed E-state index contributed by atoms with van der Waals surface area (Å²) in [6.45, 7) is 0. The number of thiazole rings is 1. The number of rotatable bonds is 4. The molecule has 0 atom stereocenters. The zero-order valence-corrected chi connectivity index (χ0v) is 14.3. The Hall–Kier alpha value is -2.38. The minimum Gasteiger partial charge on any atom is -0.497 e. The second kappa shape index (κ2) is 6.80. The molecule has 0 saturated heterocycles. The molecule has 1 aromatic heterocycles. The Balaban J connectivity index is 1.69. The number of benzene rings is 2. The molecule has 7 heteroatoms. The Labute approximate surface area is 143 Å². The molecule has 0 bridgehead atoms. The van der Waals surface area contributed by atoms with Crippen molar-refractivity contribution in [1.29, 1.82) is 0 Å². The number of fused-ring (bicyclic) bond motifs is 1. The van der Waals surface area contributed by atoms with Gasteiger partial charge in [0.15, 0.2) is 10.2 Å². The monoisotopic (exact) mass is 345 g/mol. The van der Waals surface area contributed by atoms with E-state index >= 15 is 0 Å². The lowest BCUT2D eigenvalue weighted by molar-refractivity contribution is 0.415. The molecule has 0 spiro atoms. The molecule has 0 aliphatic heterocycles. The van der Waals surface area contributed by atoms with E-state index in [4.69, 9.17) is 21.7 Å². The summed E-state index contributed by atoms with van der Waals surface area (Å²) in [5.41, 5.74) is 1.79. The molecular formula is C16H15N3O2S2. The molecule has 0 radical (unpaired) electrons. The summed E-state index contributed by atoms with van der Waals surface area (Å²) in [6.07, 6.45) is 0. The van der Waals surface area contributed by atoms with E-state index in [-0.39, 0.29) is 0 Å². The molecule has 0 saturated carbocycles. The molecule has 1 heterocycles. The lowest BCUT2D eigenvalue weighted by atomic mass is 10.3. The number of thiocarbonyl (C=S) groups is 1. The number of hydrogen-bond acceptors (Lipinski definition) is 5. The van der Waals surface area contributed by atoms with Crippen LogP contribution in [0.4, 0.5) is 10.8 Å². The second-order valence-electron chi connectivity index (χ2n) is 4.66. The molecule has 5 nitrogen and oxygen atoms in total. The average molecular weight is 345 g/mol. The van der Waals surface area contributed by atoms with Gasteiger partial charge in [-0.2, -0.15) is 0 Å². The quantitative estimate of drug-likeness (QED) is 0.694. The van der Waals surface area contributed by atoms with E-state index in [2.05, 4.69) is 15.6 Å². The molecule has 0 fully saturated rings. The first-order valence-electron chi connectivity index (χ1n) is 6.84. The van der Waals surface area contributed by atoms with Crippen molar-refractivity contribution >= 4 is 49.7 Å². The van der Waals surface area contributed by atoms with Crippen LogP contribution in [0.15, 0.2) is 42.5 Å². The van der Waals surface area contributed by atoms with E-state index in [0.717, 1.165) is 32.5 Å². The maximum absolute atomic E-state index is 5.32. The molecule has 0 aliphatic carbocycles. The summed E-state index contributed by atoms with van der Waals surface area (Å²) >= 11 is 6.84. The first kappa shape index (κ1) is 15.5. The van der Waals surface area contributed by atoms with Gasteiger partial charge in [-0.25, -0.2) is 4.98 Å². The Morgan fingerprint density at radius 2 is 1.70 bits per heavy atom. The van der Waals surface area contributed by atoms with Crippen LogP contribution in [0, 0.1) is 0 Å². The van der Waals surface area contributed by atoms with Gasteiger partial charge in [-0.05, 0) is 54.7 Å². The zero-order valence-electron chi connectivity index (χ0n) is 12.6. The van der Waals surface area contributed by atoms with Gasteiger partial charge in [0, 0.05) is 5.69 Å². The van der Waals surface area contributed by atoms with Crippen LogP contribution in [-0.2, 0) is 0 Å². The van der Waals surface area contributed by atoms with E-state index in [1.165, 1.54) is 11.3 Å². The highest BCUT2D eigenvalue weighted by molar-refractivity contribution is 7.80. The van der Waals surface area contributed by atoms with Crippen LogP contribution in [0.5, 0.6) is 11.5 Å². The van der Waals surface area contributed by atoms with Gasteiger partial charge >= 0.3 is 0 Å². The molecule has 118 valence electrons. The van der Waals surface area contributed by atoms with Gasteiger partial charge in [-0.3, -0.25) is 0 Å². The fourth-order valence-corrected chi connectivity index (χ4v) is 3.20. The minimum atomic E-state index is 0.487. The van der Waals surface area contributed by atoms with Crippen molar-refractivity contribution in [2.75, 3.05) is 24.9 Å². The standard InChI is InChI=1S/C16H15N3O2S2/c1-20-11-5-3-10(4-6-11)17-15(22)19-16-18-13-8-7-12(21-2)9-14(13)23-16/h3-9H,1-2H3,(H2,17,18,19,22). The molecule has 2 N–H and O–H groups in total. The van der Waals surface area contributed by atoms with Gasteiger partial charge in [0.25, 0.3) is 0 Å². The molecule has 0 amide bonds. The van der Waals surface area contributed by atoms with E-state index in [1.807, 2.05) is 42.5 Å². The van der Waals surface area contributed by atoms with Crippen molar-refractivity contribution in [1.82, 2.24) is 4.98 Å². The Morgan fingerprint density at radius 1 is 1.00 bits per heavy atom. The van der Waals surface area contributed by atoms with E-state index in [1.54, 1.807) is 14.2 Å². The average Bonchev–Trinajstić information content (AvgIpc) is 2.96. The lowest BCUT2D eigenvalue weighted by Gasteiger charge is -2.08. The molecule has 3 aromatic rings. The molecule has 0 aliphatic rings. The SMILES string of the molecule is COc1ccc(NC(=S)Nc2nc3ccc(OC)cc3s2)cc1. The highest BCUT2D eigenvalue weighted by Crippen LogP contribution is 2.29. The summed E-state index contributed by atoms with van der Waals surface area (Å²) in [4.78, 5) is 4.50. The van der Waals surface area contributed by atoms with Gasteiger partial charge in [0.2, 0.25) is 0 Å². The van der Waals surface area contributed by atoms with Crippen LogP contribution in [0.2, 0.25) is 0 Å². The number of aromatic nitrogens is 1. The van der Waals surface area contributed by atoms with Gasteiger partial charge in [-0.1, -0.05) is 11.3 Å². The van der Waals surface area contributed by atoms with E-state index in [9.17, 15) is 0 Å². The van der Waals surface area contributed by atoms with E-state index < -0.39 is 0 Å². The predicted molar refractivity (Wildman–Crippen MR) is 99.0 cm³/mol. The molecule has 23 heavy (non-hydrogen) atoms. The smallest absolute Gasteiger partial charge is 0.190 e.